The maximum Gasteiger partial charge on any atom is 0.122 e. The molecule has 1 atom stereocenters. The minimum atomic E-state index is 0.519. The highest BCUT2D eigenvalue weighted by molar-refractivity contribution is 5.47. The number of aryl methyl sites for hydroxylation is 1. The van der Waals surface area contributed by atoms with Gasteiger partial charge in [0.05, 0.1) is 18.3 Å². The van der Waals surface area contributed by atoms with Gasteiger partial charge in [-0.05, 0) is 54.7 Å². The van der Waals surface area contributed by atoms with E-state index in [-0.39, 0.29) is 0 Å². The largest absolute Gasteiger partial charge is 0.496 e. The van der Waals surface area contributed by atoms with Crippen LogP contribution in [0.1, 0.15) is 23.2 Å². The minimum Gasteiger partial charge on any atom is -0.496 e. The summed E-state index contributed by atoms with van der Waals surface area (Å²) in [6.45, 7) is 0.957. The van der Waals surface area contributed by atoms with Crippen molar-refractivity contribution in [1.29, 1.82) is 0 Å². The van der Waals surface area contributed by atoms with Gasteiger partial charge in [-0.3, -0.25) is 0 Å². The van der Waals surface area contributed by atoms with Crippen molar-refractivity contribution in [2.45, 2.75) is 31.7 Å². The zero-order valence-corrected chi connectivity index (χ0v) is 14.0. The van der Waals surface area contributed by atoms with Crippen molar-refractivity contribution < 1.29 is 4.74 Å². The Morgan fingerprint density at radius 3 is 3.08 bits per heavy atom. The lowest BCUT2D eigenvalue weighted by atomic mass is 9.87. The van der Waals surface area contributed by atoms with Gasteiger partial charge < -0.3 is 10.1 Å². The number of benzene rings is 1. The van der Waals surface area contributed by atoms with E-state index in [1.165, 1.54) is 17.5 Å². The number of hydrogen-bond acceptors (Lipinski definition) is 3. The number of nitrogens with one attached hydrogen (secondary N) is 1. The van der Waals surface area contributed by atoms with Crippen LogP contribution in [0.25, 0.3) is 5.52 Å². The second-order valence-corrected chi connectivity index (χ2v) is 6.45. The van der Waals surface area contributed by atoms with Crippen LogP contribution in [0, 0.1) is 0 Å². The smallest absolute Gasteiger partial charge is 0.122 e. The highest BCUT2D eigenvalue weighted by Crippen LogP contribution is 2.29. The molecule has 0 fully saturated rings. The lowest BCUT2D eigenvalue weighted by Gasteiger charge is -2.27. The van der Waals surface area contributed by atoms with E-state index in [0.29, 0.717) is 6.04 Å². The first kappa shape index (κ1) is 15.2. The molecule has 0 bridgehead atoms. The summed E-state index contributed by atoms with van der Waals surface area (Å²) >= 11 is 0. The minimum absolute atomic E-state index is 0.519. The molecule has 1 aliphatic carbocycles. The summed E-state index contributed by atoms with van der Waals surface area (Å²) < 4.78 is 7.47. The van der Waals surface area contributed by atoms with E-state index >= 15 is 0 Å². The highest BCUT2D eigenvalue weighted by Gasteiger charge is 2.20. The average Bonchev–Trinajstić information content (AvgIpc) is 3.04. The summed E-state index contributed by atoms with van der Waals surface area (Å²) in [5.74, 6) is 1.03. The Morgan fingerprint density at radius 2 is 2.21 bits per heavy atom. The molecule has 1 unspecified atom stereocenters. The molecule has 0 amide bonds. The predicted octanol–water partition coefficient (Wildman–Crippen LogP) is 3.03. The van der Waals surface area contributed by atoms with E-state index in [9.17, 15) is 0 Å². The van der Waals surface area contributed by atoms with Gasteiger partial charge in [-0.25, -0.2) is 4.52 Å². The fourth-order valence-corrected chi connectivity index (χ4v) is 3.64. The van der Waals surface area contributed by atoms with Gasteiger partial charge in [0.1, 0.15) is 5.75 Å². The normalized spacial score (nSPS) is 17.0. The molecular formula is C20H23N3O. The van der Waals surface area contributed by atoms with Crippen LogP contribution in [-0.4, -0.2) is 29.3 Å². The number of rotatable bonds is 5. The molecule has 4 heteroatoms. The first-order valence-electron chi connectivity index (χ1n) is 8.65. The van der Waals surface area contributed by atoms with Crippen molar-refractivity contribution >= 4 is 5.52 Å². The molecule has 1 N–H and O–H groups in total. The molecule has 2 heterocycles. The van der Waals surface area contributed by atoms with Crippen molar-refractivity contribution in [2.24, 2.45) is 0 Å². The third kappa shape index (κ3) is 3.02. The molecule has 0 saturated carbocycles. The van der Waals surface area contributed by atoms with Crippen LogP contribution in [0.5, 0.6) is 5.75 Å². The number of nitrogens with zero attached hydrogens (tertiary/aromatic N) is 2. The van der Waals surface area contributed by atoms with Crippen molar-refractivity contribution in [3.8, 4) is 5.75 Å². The van der Waals surface area contributed by atoms with Gasteiger partial charge in [0.2, 0.25) is 0 Å². The molecule has 4 rings (SSSR count). The maximum absolute atomic E-state index is 5.53. The molecule has 2 aromatic heterocycles. The maximum atomic E-state index is 5.53. The van der Waals surface area contributed by atoms with Crippen LogP contribution in [0.2, 0.25) is 0 Å². The van der Waals surface area contributed by atoms with Gasteiger partial charge in [0, 0.05) is 25.2 Å². The molecule has 1 aliphatic rings. The molecular weight excluding hydrogens is 298 g/mol. The number of fused-ring (bicyclic) bond motifs is 2. The van der Waals surface area contributed by atoms with E-state index in [1.54, 1.807) is 7.11 Å². The number of ether oxygens (including phenoxy) is 1. The van der Waals surface area contributed by atoms with Crippen LogP contribution in [0.3, 0.4) is 0 Å². The Hall–Kier alpha value is -2.33. The molecule has 124 valence electrons. The van der Waals surface area contributed by atoms with Gasteiger partial charge in [-0.15, -0.1) is 0 Å². The SMILES string of the molecule is COc1cccc2c1CC(NCCc1cc3ccccn3n1)CC2. The number of methoxy groups -OCH3 is 1. The van der Waals surface area contributed by atoms with E-state index in [0.717, 1.165) is 42.8 Å². The van der Waals surface area contributed by atoms with Gasteiger partial charge >= 0.3 is 0 Å². The zero-order chi connectivity index (χ0) is 16.4. The van der Waals surface area contributed by atoms with Crippen molar-refractivity contribution in [1.82, 2.24) is 14.9 Å². The van der Waals surface area contributed by atoms with Crippen LogP contribution in [-0.2, 0) is 19.3 Å². The number of aromatic nitrogens is 2. The highest BCUT2D eigenvalue weighted by atomic mass is 16.5. The number of hydrogen-bond donors (Lipinski definition) is 1. The molecule has 4 nitrogen and oxygen atoms in total. The molecule has 0 saturated heterocycles. The van der Waals surface area contributed by atoms with Crippen molar-refractivity contribution in [2.75, 3.05) is 13.7 Å². The fraction of sp³-hybridized carbons (Fsp3) is 0.350. The second-order valence-electron chi connectivity index (χ2n) is 6.45. The second kappa shape index (κ2) is 6.65. The van der Waals surface area contributed by atoms with Crippen LogP contribution < -0.4 is 10.1 Å². The summed E-state index contributed by atoms with van der Waals surface area (Å²) in [7, 11) is 1.76. The standard InChI is InChI=1S/C20H23N3O/c1-24-20-7-4-5-15-8-9-16(14-19(15)20)21-11-10-17-13-18-6-2-3-12-23(18)22-17/h2-7,12-13,16,21H,8-11,14H2,1H3. The van der Waals surface area contributed by atoms with Crippen molar-refractivity contribution in [3.63, 3.8) is 0 Å². The topological polar surface area (TPSA) is 38.6 Å². The summed E-state index contributed by atoms with van der Waals surface area (Å²) in [6, 6.07) is 15.2. The van der Waals surface area contributed by atoms with Gasteiger partial charge in [0.25, 0.3) is 0 Å². The van der Waals surface area contributed by atoms with E-state index in [2.05, 4.69) is 40.7 Å². The Bertz CT molecular complexity index is 793. The van der Waals surface area contributed by atoms with Crippen LogP contribution >= 0.6 is 0 Å². The fourth-order valence-electron chi connectivity index (χ4n) is 3.64. The first-order chi connectivity index (χ1) is 11.8. The zero-order valence-electron chi connectivity index (χ0n) is 14.0. The lowest BCUT2D eigenvalue weighted by Crippen LogP contribution is -2.36. The van der Waals surface area contributed by atoms with E-state index < -0.39 is 0 Å². The summed E-state index contributed by atoms with van der Waals surface area (Å²) in [4.78, 5) is 0. The number of pyridine rings is 1. The molecule has 0 aliphatic heterocycles. The molecule has 0 spiro atoms. The van der Waals surface area contributed by atoms with Gasteiger partial charge in [0.15, 0.2) is 0 Å². The summed E-state index contributed by atoms with van der Waals surface area (Å²) in [6.07, 6.45) is 6.31. The van der Waals surface area contributed by atoms with Gasteiger partial charge in [-0.2, -0.15) is 5.10 Å². The summed E-state index contributed by atoms with van der Waals surface area (Å²) in [5, 5.41) is 8.32. The van der Waals surface area contributed by atoms with Crippen LogP contribution in [0.4, 0.5) is 0 Å². The predicted molar refractivity (Wildman–Crippen MR) is 95.7 cm³/mol. The van der Waals surface area contributed by atoms with Gasteiger partial charge in [-0.1, -0.05) is 18.2 Å². The lowest BCUT2D eigenvalue weighted by molar-refractivity contribution is 0.394. The molecule has 1 aromatic carbocycles. The Labute approximate surface area is 142 Å². The Morgan fingerprint density at radius 1 is 1.25 bits per heavy atom. The summed E-state index contributed by atoms with van der Waals surface area (Å²) in [5.41, 5.74) is 5.11. The Kier molecular flexibility index (Phi) is 4.22. The molecule has 3 aromatic rings. The molecule has 24 heavy (non-hydrogen) atoms. The average molecular weight is 321 g/mol. The quantitative estimate of drug-likeness (QED) is 0.785. The van der Waals surface area contributed by atoms with E-state index in [4.69, 9.17) is 4.74 Å². The monoisotopic (exact) mass is 321 g/mol. The van der Waals surface area contributed by atoms with Crippen molar-refractivity contribution in [3.05, 3.63) is 65.5 Å². The van der Waals surface area contributed by atoms with E-state index in [1.807, 2.05) is 22.8 Å². The van der Waals surface area contributed by atoms with Crippen LogP contribution in [0.15, 0.2) is 48.7 Å². The third-order valence-electron chi connectivity index (χ3n) is 4.90. The third-order valence-corrected chi connectivity index (χ3v) is 4.90. The first-order valence-corrected chi connectivity index (χ1v) is 8.65. The molecule has 0 radical (unpaired) electrons. The Balaban J connectivity index is 1.36.